The number of amides is 1. The number of likely N-dealkylation sites (tertiary alicyclic amines) is 1. The predicted octanol–water partition coefficient (Wildman–Crippen LogP) is 4.22. The molecule has 5 heteroatoms. The number of aryl methyl sites for hydroxylation is 1. The topological polar surface area (TPSA) is 48.5 Å². The van der Waals surface area contributed by atoms with Gasteiger partial charge in [0, 0.05) is 37.6 Å². The number of anilines is 3. The lowest BCUT2D eigenvalue weighted by atomic mass is 10.1. The largest absolute Gasteiger partial charge is 0.372 e. The molecule has 1 aromatic carbocycles. The average molecular weight is 352 g/mol. The lowest BCUT2D eigenvalue weighted by Crippen LogP contribution is -2.28. The molecule has 1 fully saturated rings. The van der Waals surface area contributed by atoms with E-state index in [-0.39, 0.29) is 5.91 Å². The molecule has 0 aliphatic carbocycles. The van der Waals surface area contributed by atoms with Crippen LogP contribution in [0.5, 0.6) is 0 Å². The Morgan fingerprint density at radius 2 is 1.88 bits per heavy atom. The Hall–Kier alpha value is -2.56. The molecule has 0 spiro atoms. The number of benzene rings is 1. The summed E-state index contributed by atoms with van der Waals surface area (Å²) in [5.74, 6) is 0.0359. The summed E-state index contributed by atoms with van der Waals surface area (Å²) in [6.07, 6.45) is 3.92. The molecule has 0 atom stereocenters. The smallest absolute Gasteiger partial charge is 0.272 e. The first-order valence-electron chi connectivity index (χ1n) is 9.50. The molecule has 0 bridgehead atoms. The summed E-state index contributed by atoms with van der Waals surface area (Å²) in [4.78, 5) is 20.9. The van der Waals surface area contributed by atoms with Gasteiger partial charge in [-0.15, -0.1) is 0 Å². The number of carbonyl (C=O) groups excluding carboxylic acids is 1. The molecule has 0 saturated carbocycles. The van der Waals surface area contributed by atoms with Crippen LogP contribution < -0.4 is 10.2 Å². The lowest BCUT2D eigenvalue weighted by molar-refractivity contribution is 0.0787. The van der Waals surface area contributed by atoms with Crippen molar-refractivity contribution < 1.29 is 4.79 Å². The van der Waals surface area contributed by atoms with E-state index in [9.17, 15) is 4.79 Å². The zero-order valence-electron chi connectivity index (χ0n) is 16.0. The third-order valence-electron chi connectivity index (χ3n) is 4.99. The molecule has 2 aromatic rings. The maximum atomic E-state index is 12.4. The molecule has 0 unspecified atom stereocenters. The Morgan fingerprint density at radius 1 is 1.15 bits per heavy atom. The van der Waals surface area contributed by atoms with E-state index in [1.807, 2.05) is 17.0 Å². The third-order valence-corrected chi connectivity index (χ3v) is 4.99. The SMILES string of the molecule is CCN(CC)c1ccc(Nc2ccc(C(=O)N3CCCC3)nc2)c(C)c1. The van der Waals surface area contributed by atoms with Crippen molar-refractivity contribution in [2.75, 3.05) is 36.4 Å². The van der Waals surface area contributed by atoms with Crippen LogP contribution in [0.4, 0.5) is 17.1 Å². The fourth-order valence-corrected chi connectivity index (χ4v) is 3.41. The summed E-state index contributed by atoms with van der Waals surface area (Å²) >= 11 is 0. The highest BCUT2D eigenvalue weighted by molar-refractivity contribution is 5.92. The van der Waals surface area contributed by atoms with Gasteiger partial charge in [-0.1, -0.05) is 0 Å². The molecule has 2 heterocycles. The molecule has 5 nitrogen and oxygen atoms in total. The first-order valence-corrected chi connectivity index (χ1v) is 9.50. The third kappa shape index (κ3) is 3.98. The van der Waals surface area contributed by atoms with Crippen molar-refractivity contribution in [3.05, 3.63) is 47.8 Å². The normalized spacial score (nSPS) is 13.7. The molecular formula is C21H28N4O. The molecule has 26 heavy (non-hydrogen) atoms. The molecule has 1 amide bonds. The number of pyridine rings is 1. The monoisotopic (exact) mass is 352 g/mol. The lowest BCUT2D eigenvalue weighted by Gasteiger charge is -2.22. The van der Waals surface area contributed by atoms with Gasteiger partial charge in [-0.2, -0.15) is 0 Å². The number of nitrogens with zero attached hydrogens (tertiary/aromatic N) is 3. The van der Waals surface area contributed by atoms with E-state index in [0.717, 1.165) is 50.4 Å². The van der Waals surface area contributed by atoms with E-state index in [0.29, 0.717) is 5.69 Å². The summed E-state index contributed by atoms with van der Waals surface area (Å²) in [5, 5.41) is 3.40. The average Bonchev–Trinajstić information content (AvgIpc) is 3.19. The first-order chi connectivity index (χ1) is 12.6. The Balaban J connectivity index is 1.70. The Morgan fingerprint density at radius 3 is 2.46 bits per heavy atom. The maximum absolute atomic E-state index is 12.4. The molecular weight excluding hydrogens is 324 g/mol. The zero-order chi connectivity index (χ0) is 18.5. The summed E-state index contributed by atoms with van der Waals surface area (Å²) < 4.78 is 0. The second-order valence-electron chi connectivity index (χ2n) is 6.73. The summed E-state index contributed by atoms with van der Waals surface area (Å²) in [6, 6.07) is 10.2. The number of hydrogen-bond donors (Lipinski definition) is 1. The molecule has 1 N–H and O–H groups in total. The minimum atomic E-state index is 0.0359. The quantitative estimate of drug-likeness (QED) is 0.846. The van der Waals surface area contributed by atoms with E-state index in [1.54, 1.807) is 6.20 Å². The van der Waals surface area contributed by atoms with Crippen LogP contribution in [0.15, 0.2) is 36.5 Å². The van der Waals surface area contributed by atoms with Crippen molar-refractivity contribution in [3.8, 4) is 0 Å². The fraction of sp³-hybridized carbons (Fsp3) is 0.429. The van der Waals surface area contributed by atoms with Crippen molar-refractivity contribution in [1.82, 2.24) is 9.88 Å². The Kier molecular flexibility index (Phi) is 5.76. The Bertz CT molecular complexity index is 747. The van der Waals surface area contributed by atoms with Gasteiger partial charge in [0.2, 0.25) is 0 Å². The van der Waals surface area contributed by atoms with Crippen molar-refractivity contribution in [2.24, 2.45) is 0 Å². The van der Waals surface area contributed by atoms with Gasteiger partial charge in [-0.05, 0) is 69.5 Å². The van der Waals surface area contributed by atoms with Crippen LogP contribution in [-0.2, 0) is 0 Å². The molecule has 1 saturated heterocycles. The second kappa shape index (κ2) is 8.21. The van der Waals surface area contributed by atoms with Crippen LogP contribution in [0.2, 0.25) is 0 Å². The highest BCUT2D eigenvalue weighted by Crippen LogP contribution is 2.25. The molecule has 1 aliphatic heterocycles. The predicted molar refractivity (Wildman–Crippen MR) is 107 cm³/mol. The van der Waals surface area contributed by atoms with Crippen molar-refractivity contribution in [3.63, 3.8) is 0 Å². The van der Waals surface area contributed by atoms with Crippen molar-refractivity contribution in [2.45, 2.75) is 33.6 Å². The van der Waals surface area contributed by atoms with Gasteiger partial charge in [0.25, 0.3) is 5.91 Å². The summed E-state index contributed by atoms with van der Waals surface area (Å²) in [7, 11) is 0. The number of hydrogen-bond acceptors (Lipinski definition) is 4. The van der Waals surface area contributed by atoms with Gasteiger partial charge in [-0.25, -0.2) is 4.98 Å². The summed E-state index contributed by atoms with van der Waals surface area (Å²) in [5.41, 5.74) is 4.89. The van der Waals surface area contributed by atoms with Gasteiger partial charge >= 0.3 is 0 Å². The number of rotatable bonds is 6. The molecule has 138 valence electrons. The highest BCUT2D eigenvalue weighted by Gasteiger charge is 2.20. The van der Waals surface area contributed by atoms with Gasteiger partial charge in [-0.3, -0.25) is 4.79 Å². The number of carbonyl (C=O) groups is 1. The summed E-state index contributed by atoms with van der Waals surface area (Å²) in [6.45, 7) is 10.1. The molecule has 3 rings (SSSR count). The van der Waals surface area contributed by atoms with Gasteiger partial charge < -0.3 is 15.1 Å². The van der Waals surface area contributed by atoms with Gasteiger partial charge in [0.15, 0.2) is 0 Å². The van der Waals surface area contributed by atoms with Crippen molar-refractivity contribution in [1.29, 1.82) is 0 Å². The standard InChI is InChI=1S/C21H28N4O/c1-4-24(5-2)18-9-11-19(16(3)14-18)23-17-8-10-20(22-15-17)21(26)25-12-6-7-13-25/h8-11,14-15,23H,4-7,12-13H2,1-3H3. The second-order valence-corrected chi connectivity index (χ2v) is 6.73. The number of aromatic nitrogens is 1. The van der Waals surface area contributed by atoms with Crippen LogP contribution in [0.3, 0.4) is 0 Å². The zero-order valence-corrected chi connectivity index (χ0v) is 16.0. The Labute approximate surface area is 156 Å². The van der Waals surface area contributed by atoms with Gasteiger partial charge in [0.05, 0.1) is 11.9 Å². The first kappa shape index (κ1) is 18.2. The molecule has 1 aromatic heterocycles. The number of nitrogens with one attached hydrogen (secondary N) is 1. The van der Waals surface area contributed by atoms with Crippen LogP contribution in [0.1, 0.15) is 42.7 Å². The minimum absolute atomic E-state index is 0.0359. The van der Waals surface area contributed by atoms with E-state index in [1.165, 1.54) is 11.3 Å². The van der Waals surface area contributed by atoms with Crippen LogP contribution in [0, 0.1) is 6.92 Å². The maximum Gasteiger partial charge on any atom is 0.272 e. The minimum Gasteiger partial charge on any atom is -0.372 e. The van der Waals surface area contributed by atoms with Crippen LogP contribution >= 0.6 is 0 Å². The molecule has 0 radical (unpaired) electrons. The van der Waals surface area contributed by atoms with Crippen LogP contribution in [0.25, 0.3) is 0 Å². The van der Waals surface area contributed by atoms with E-state index in [4.69, 9.17) is 0 Å². The van der Waals surface area contributed by atoms with E-state index in [2.05, 4.69) is 54.2 Å². The molecule has 1 aliphatic rings. The highest BCUT2D eigenvalue weighted by atomic mass is 16.2. The van der Waals surface area contributed by atoms with E-state index < -0.39 is 0 Å². The van der Waals surface area contributed by atoms with Gasteiger partial charge in [0.1, 0.15) is 5.69 Å². The van der Waals surface area contributed by atoms with Crippen molar-refractivity contribution >= 4 is 23.0 Å². The van der Waals surface area contributed by atoms with E-state index >= 15 is 0 Å². The fourth-order valence-electron chi connectivity index (χ4n) is 3.41. The van der Waals surface area contributed by atoms with Crippen LogP contribution in [-0.4, -0.2) is 42.0 Å².